The van der Waals surface area contributed by atoms with Crippen molar-refractivity contribution in [2.24, 2.45) is 0 Å². The molecule has 2 unspecified atom stereocenters. The lowest BCUT2D eigenvalue weighted by atomic mass is 9.97. The maximum absolute atomic E-state index is 12.2. The number of amides is 1. The van der Waals surface area contributed by atoms with Crippen LogP contribution in [0.3, 0.4) is 0 Å². The van der Waals surface area contributed by atoms with Crippen LogP contribution in [0.15, 0.2) is 59.1 Å². The van der Waals surface area contributed by atoms with Gasteiger partial charge in [0.25, 0.3) is 0 Å². The second-order valence-electron chi connectivity index (χ2n) is 7.53. The van der Waals surface area contributed by atoms with E-state index in [1.807, 2.05) is 31.2 Å². The highest BCUT2D eigenvalue weighted by Crippen LogP contribution is 2.28. The van der Waals surface area contributed by atoms with Gasteiger partial charge in [0.05, 0.1) is 11.6 Å². The molecular weight excluding hydrogens is 425 g/mol. The average Bonchev–Trinajstić information content (AvgIpc) is 2.61. The zero-order valence-corrected chi connectivity index (χ0v) is 18.0. The average molecular weight is 452 g/mol. The van der Waals surface area contributed by atoms with Crippen LogP contribution in [-0.2, 0) is 4.74 Å². The van der Waals surface area contributed by atoms with E-state index < -0.39 is 5.60 Å². The fourth-order valence-electron chi connectivity index (χ4n) is 3.06. The maximum Gasteiger partial charge on any atom is 0.410 e. The summed E-state index contributed by atoms with van der Waals surface area (Å²) in [5.41, 5.74) is 0.255. The van der Waals surface area contributed by atoms with E-state index in [0.717, 1.165) is 16.5 Å². The van der Waals surface area contributed by atoms with Gasteiger partial charge in [0.2, 0.25) is 0 Å². The molecule has 0 radical (unpaired) electrons. The Bertz CT molecular complexity index is 764. The molecular formula is C22H27BrFNO3. The summed E-state index contributed by atoms with van der Waals surface area (Å²) in [5.74, 6) is -0.178. The van der Waals surface area contributed by atoms with Crippen LogP contribution in [0.1, 0.15) is 45.2 Å². The van der Waals surface area contributed by atoms with Gasteiger partial charge in [-0.25, -0.2) is 9.18 Å². The van der Waals surface area contributed by atoms with Crippen molar-refractivity contribution in [2.45, 2.75) is 51.4 Å². The van der Waals surface area contributed by atoms with Gasteiger partial charge >= 0.3 is 6.09 Å². The Morgan fingerprint density at radius 2 is 1.93 bits per heavy atom. The van der Waals surface area contributed by atoms with Gasteiger partial charge in [-0.05, 0) is 50.6 Å². The first-order chi connectivity index (χ1) is 13.2. The molecule has 0 saturated carbocycles. The largest absolute Gasteiger partial charge is 0.446 e. The minimum absolute atomic E-state index is 0.0295. The molecule has 152 valence electrons. The summed E-state index contributed by atoms with van der Waals surface area (Å²) in [5, 5.41) is 9.83. The summed E-state index contributed by atoms with van der Waals surface area (Å²) in [7, 11) is 0. The predicted octanol–water partition coefficient (Wildman–Crippen LogP) is 5.71. The molecule has 0 bridgehead atoms. The van der Waals surface area contributed by atoms with Crippen LogP contribution in [0.4, 0.5) is 9.18 Å². The van der Waals surface area contributed by atoms with Crippen molar-refractivity contribution in [1.29, 1.82) is 0 Å². The van der Waals surface area contributed by atoms with E-state index in [2.05, 4.69) is 15.9 Å². The molecule has 6 heteroatoms. The summed E-state index contributed by atoms with van der Waals surface area (Å²) in [6.45, 7) is 6.11. The van der Waals surface area contributed by atoms with Crippen LogP contribution < -0.4 is 0 Å². The topological polar surface area (TPSA) is 49.8 Å². The van der Waals surface area contributed by atoms with Crippen molar-refractivity contribution in [2.75, 3.05) is 6.54 Å². The molecule has 1 aliphatic rings. The predicted molar refractivity (Wildman–Crippen MR) is 111 cm³/mol. The van der Waals surface area contributed by atoms with Crippen molar-refractivity contribution < 1.29 is 19.0 Å². The summed E-state index contributed by atoms with van der Waals surface area (Å²) in [6, 6.07) is 15.9. The van der Waals surface area contributed by atoms with Crippen molar-refractivity contribution in [3.8, 4) is 0 Å². The molecule has 0 spiro atoms. The Morgan fingerprint density at radius 1 is 1.25 bits per heavy atom. The maximum atomic E-state index is 12.2. The zero-order chi connectivity index (χ0) is 20.7. The fraction of sp³-hybridized carbons (Fsp3) is 0.409. The lowest BCUT2D eigenvalue weighted by molar-refractivity contribution is -0.0309. The van der Waals surface area contributed by atoms with Gasteiger partial charge in [-0.15, -0.1) is 0 Å². The van der Waals surface area contributed by atoms with Gasteiger partial charge < -0.3 is 14.7 Å². The van der Waals surface area contributed by atoms with E-state index in [-0.39, 0.29) is 24.1 Å². The number of hydrogen-bond donors (Lipinski definition) is 1. The number of carbonyl (C=O) groups is 1. The highest BCUT2D eigenvalue weighted by molar-refractivity contribution is 9.10. The van der Waals surface area contributed by atoms with Gasteiger partial charge in [0.15, 0.2) is 0 Å². The van der Waals surface area contributed by atoms with Crippen LogP contribution in [0.2, 0.25) is 0 Å². The number of hydrogen-bond acceptors (Lipinski definition) is 3. The van der Waals surface area contributed by atoms with Gasteiger partial charge in [-0.3, -0.25) is 0 Å². The van der Waals surface area contributed by atoms with Gasteiger partial charge in [-0.1, -0.05) is 46.3 Å². The summed E-state index contributed by atoms with van der Waals surface area (Å²) >= 11 is 3.45. The Balaban J connectivity index is 0.000000336. The molecule has 1 N–H and O–H groups in total. The normalized spacial score (nSPS) is 18.0. The third kappa shape index (κ3) is 7.24. The molecule has 2 atom stereocenters. The monoisotopic (exact) mass is 451 g/mol. The van der Waals surface area contributed by atoms with Gasteiger partial charge in [0, 0.05) is 23.9 Å². The first-order valence-corrected chi connectivity index (χ1v) is 10.1. The van der Waals surface area contributed by atoms with Crippen molar-refractivity contribution in [3.05, 3.63) is 70.5 Å². The molecule has 28 heavy (non-hydrogen) atoms. The molecule has 1 aliphatic heterocycles. The molecule has 0 aliphatic carbocycles. The molecule has 0 aromatic heterocycles. The SMILES string of the molecule is CC(c1cccc(Br)c1)N1CCC(CC(C)(C)O)OC1=O.Fc1ccccc1. The lowest BCUT2D eigenvalue weighted by Gasteiger charge is -2.37. The van der Waals surface area contributed by atoms with Crippen LogP contribution >= 0.6 is 15.9 Å². The van der Waals surface area contributed by atoms with Crippen LogP contribution in [0, 0.1) is 5.82 Å². The van der Waals surface area contributed by atoms with Crippen molar-refractivity contribution >= 4 is 22.0 Å². The Kier molecular flexibility index (Phi) is 8.01. The third-order valence-corrected chi connectivity index (χ3v) is 4.95. The molecule has 2 aromatic carbocycles. The molecule has 3 rings (SSSR count). The number of aliphatic hydroxyl groups is 1. The van der Waals surface area contributed by atoms with E-state index in [4.69, 9.17) is 4.74 Å². The molecule has 2 aromatic rings. The Hall–Kier alpha value is -1.92. The van der Waals surface area contributed by atoms with E-state index in [9.17, 15) is 14.3 Å². The number of benzene rings is 2. The third-order valence-electron chi connectivity index (χ3n) is 4.45. The smallest absolute Gasteiger partial charge is 0.410 e. The number of nitrogens with zero attached hydrogens (tertiary/aromatic N) is 1. The van der Waals surface area contributed by atoms with Crippen molar-refractivity contribution in [1.82, 2.24) is 4.90 Å². The minimum Gasteiger partial charge on any atom is -0.446 e. The first-order valence-electron chi connectivity index (χ1n) is 9.31. The minimum atomic E-state index is -0.816. The van der Waals surface area contributed by atoms with Gasteiger partial charge in [0.1, 0.15) is 11.9 Å². The van der Waals surface area contributed by atoms with E-state index in [1.54, 1.807) is 36.9 Å². The highest BCUT2D eigenvalue weighted by Gasteiger charge is 2.33. The highest BCUT2D eigenvalue weighted by atomic mass is 79.9. The van der Waals surface area contributed by atoms with E-state index in [1.165, 1.54) is 12.1 Å². The molecule has 4 nitrogen and oxygen atoms in total. The second-order valence-corrected chi connectivity index (χ2v) is 8.45. The number of cyclic esters (lactones) is 1. The quantitative estimate of drug-likeness (QED) is 0.647. The van der Waals surface area contributed by atoms with Crippen LogP contribution in [-0.4, -0.2) is 34.3 Å². The number of halogens is 2. The Morgan fingerprint density at radius 3 is 2.43 bits per heavy atom. The standard InChI is InChI=1S/C16H22BrNO3.C6H5F/c1-11(12-5-4-6-13(17)9-12)18-8-7-14(21-15(18)19)10-16(2,3)20;7-6-4-2-1-3-5-6/h4-6,9,11,14,20H,7-8,10H2,1-3H3;1-5H. The fourth-order valence-corrected chi connectivity index (χ4v) is 3.47. The molecule has 1 amide bonds. The van der Waals surface area contributed by atoms with Crippen molar-refractivity contribution in [3.63, 3.8) is 0 Å². The second kappa shape index (κ2) is 10.0. The lowest BCUT2D eigenvalue weighted by Crippen LogP contribution is -2.45. The van der Waals surface area contributed by atoms with Gasteiger partial charge in [-0.2, -0.15) is 0 Å². The van der Waals surface area contributed by atoms with E-state index >= 15 is 0 Å². The summed E-state index contributed by atoms with van der Waals surface area (Å²) < 4.78 is 18.4. The molecule has 1 heterocycles. The number of ether oxygens (including phenoxy) is 1. The molecule has 1 fully saturated rings. The van der Waals surface area contributed by atoms with Crippen LogP contribution in [0.25, 0.3) is 0 Å². The number of carbonyl (C=O) groups excluding carboxylic acids is 1. The van der Waals surface area contributed by atoms with Crippen LogP contribution in [0.5, 0.6) is 0 Å². The first kappa shape index (κ1) is 22.4. The summed E-state index contributed by atoms with van der Waals surface area (Å²) in [6.07, 6.45) is 0.706. The summed E-state index contributed by atoms with van der Waals surface area (Å²) in [4.78, 5) is 13.9. The zero-order valence-electron chi connectivity index (χ0n) is 16.4. The number of rotatable bonds is 4. The van der Waals surface area contributed by atoms with E-state index in [0.29, 0.717) is 13.0 Å². The Labute approximate surface area is 174 Å². The molecule has 1 saturated heterocycles.